The fourth-order valence-electron chi connectivity index (χ4n) is 2.91. The lowest BCUT2D eigenvalue weighted by Gasteiger charge is -2.39. The second kappa shape index (κ2) is 7.22. The molecule has 1 atom stereocenters. The number of rotatable bonds is 8. The Morgan fingerprint density at radius 3 is 2.62 bits per heavy atom. The van der Waals surface area contributed by atoms with E-state index in [4.69, 9.17) is 0 Å². The van der Waals surface area contributed by atoms with Crippen LogP contribution in [0.15, 0.2) is 12.7 Å². The molecule has 1 aliphatic carbocycles. The summed E-state index contributed by atoms with van der Waals surface area (Å²) in [6.07, 6.45) is 7.16. The van der Waals surface area contributed by atoms with E-state index >= 15 is 0 Å². The van der Waals surface area contributed by atoms with Gasteiger partial charge in [0.15, 0.2) is 0 Å². The molecule has 2 fully saturated rings. The smallest absolute Gasteiger partial charge is 0.282 e. The van der Waals surface area contributed by atoms with Crippen LogP contribution >= 0.6 is 0 Å². The lowest BCUT2D eigenvalue weighted by atomic mass is 10.1. The molecule has 2 aliphatic rings. The van der Waals surface area contributed by atoms with Crippen molar-refractivity contribution in [1.82, 2.24) is 13.9 Å². The Bertz CT molecular complexity index is 446. The minimum absolute atomic E-state index is 0.0491. The van der Waals surface area contributed by atoms with Gasteiger partial charge in [-0.05, 0) is 39.5 Å². The molecule has 0 aromatic carbocycles. The molecule has 5 nitrogen and oxygen atoms in total. The first-order chi connectivity index (χ1) is 9.96. The maximum absolute atomic E-state index is 13.0. The molecule has 6 heteroatoms. The second-order valence-corrected chi connectivity index (χ2v) is 8.24. The average molecular weight is 315 g/mol. The summed E-state index contributed by atoms with van der Waals surface area (Å²) < 4.78 is 29.2. The normalized spacial score (nSPS) is 24.7. The van der Waals surface area contributed by atoms with Gasteiger partial charge in [-0.2, -0.15) is 17.0 Å². The van der Waals surface area contributed by atoms with Gasteiger partial charge in [0.2, 0.25) is 0 Å². The van der Waals surface area contributed by atoms with Crippen LogP contribution in [-0.2, 0) is 10.2 Å². The van der Waals surface area contributed by atoms with E-state index in [-0.39, 0.29) is 12.1 Å². The fraction of sp³-hybridized carbons (Fsp3) is 0.867. The zero-order valence-corrected chi connectivity index (χ0v) is 14.1. The van der Waals surface area contributed by atoms with Crippen LogP contribution in [0.4, 0.5) is 0 Å². The van der Waals surface area contributed by atoms with E-state index in [0.717, 1.165) is 25.8 Å². The summed E-state index contributed by atoms with van der Waals surface area (Å²) in [5, 5.41) is 3.48. The van der Waals surface area contributed by atoms with Gasteiger partial charge in [0.25, 0.3) is 10.2 Å². The number of nitrogens with one attached hydrogen (secondary N) is 1. The summed E-state index contributed by atoms with van der Waals surface area (Å²) in [6.45, 7) is 9.32. The van der Waals surface area contributed by atoms with E-state index in [1.165, 1.54) is 12.8 Å². The van der Waals surface area contributed by atoms with Crippen LogP contribution in [0.2, 0.25) is 0 Å². The van der Waals surface area contributed by atoms with Crippen molar-refractivity contribution in [3.63, 3.8) is 0 Å². The van der Waals surface area contributed by atoms with Gasteiger partial charge in [0.05, 0.1) is 0 Å². The fourth-order valence-corrected chi connectivity index (χ4v) is 4.92. The molecular weight excluding hydrogens is 286 g/mol. The van der Waals surface area contributed by atoms with Gasteiger partial charge in [0.1, 0.15) is 0 Å². The summed E-state index contributed by atoms with van der Waals surface area (Å²) in [4.78, 5) is 0. The van der Waals surface area contributed by atoms with Crippen molar-refractivity contribution >= 4 is 10.2 Å². The summed E-state index contributed by atoms with van der Waals surface area (Å²) in [5.74, 6) is 0. The van der Waals surface area contributed by atoms with Gasteiger partial charge < -0.3 is 5.32 Å². The van der Waals surface area contributed by atoms with E-state index in [2.05, 4.69) is 11.9 Å². The van der Waals surface area contributed by atoms with Crippen molar-refractivity contribution < 1.29 is 8.42 Å². The van der Waals surface area contributed by atoms with E-state index in [1.807, 2.05) is 13.8 Å². The third-order valence-electron chi connectivity index (χ3n) is 4.27. The molecule has 0 aromatic rings. The van der Waals surface area contributed by atoms with Crippen molar-refractivity contribution in [1.29, 1.82) is 0 Å². The predicted molar refractivity (Wildman–Crippen MR) is 86.3 cm³/mol. The van der Waals surface area contributed by atoms with E-state index in [9.17, 15) is 8.42 Å². The van der Waals surface area contributed by atoms with Crippen molar-refractivity contribution in [2.24, 2.45) is 0 Å². The van der Waals surface area contributed by atoms with Gasteiger partial charge in [-0.25, -0.2) is 0 Å². The minimum Gasteiger partial charge on any atom is -0.312 e. The van der Waals surface area contributed by atoms with Crippen LogP contribution in [0.25, 0.3) is 0 Å². The maximum Gasteiger partial charge on any atom is 0.282 e. The van der Waals surface area contributed by atoms with Crippen LogP contribution in [-0.4, -0.2) is 54.8 Å². The molecule has 0 amide bonds. The van der Waals surface area contributed by atoms with Gasteiger partial charge in [0, 0.05) is 37.8 Å². The monoisotopic (exact) mass is 315 g/mol. The van der Waals surface area contributed by atoms with Crippen LogP contribution in [0, 0.1) is 0 Å². The van der Waals surface area contributed by atoms with E-state index in [0.29, 0.717) is 19.1 Å². The Hall–Kier alpha value is -0.430. The second-order valence-electron chi connectivity index (χ2n) is 6.40. The highest BCUT2D eigenvalue weighted by molar-refractivity contribution is 7.86. The minimum atomic E-state index is -3.41. The topological polar surface area (TPSA) is 52.7 Å². The number of hydrogen-bond acceptors (Lipinski definition) is 3. The Balaban J connectivity index is 2.10. The van der Waals surface area contributed by atoms with Gasteiger partial charge in [-0.3, -0.25) is 0 Å². The average Bonchev–Trinajstić information content (AvgIpc) is 3.26. The van der Waals surface area contributed by atoms with Gasteiger partial charge >= 0.3 is 0 Å². The lowest BCUT2D eigenvalue weighted by Crippen LogP contribution is -2.55. The third kappa shape index (κ3) is 4.28. The molecule has 1 aliphatic heterocycles. The zero-order chi connectivity index (χ0) is 15.5. The SMILES string of the molecule is C=CCN(C(C)C)S(=O)(=O)N1CCCCC1CNC1CC1. The summed E-state index contributed by atoms with van der Waals surface area (Å²) in [5.41, 5.74) is 0. The molecule has 1 N–H and O–H groups in total. The van der Waals surface area contributed by atoms with Crippen LogP contribution in [0.3, 0.4) is 0 Å². The lowest BCUT2D eigenvalue weighted by molar-refractivity contribution is 0.221. The molecule has 0 aromatic heterocycles. The largest absolute Gasteiger partial charge is 0.312 e. The zero-order valence-electron chi connectivity index (χ0n) is 13.3. The Morgan fingerprint density at radius 1 is 1.33 bits per heavy atom. The van der Waals surface area contributed by atoms with E-state index < -0.39 is 10.2 Å². The highest BCUT2D eigenvalue weighted by atomic mass is 32.2. The molecule has 2 rings (SSSR count). The quantitative estimate of drug-likeness (QED) is 0.694. The van der Waals surface area contributed by atoms with Crippen LogP contribution in [0.1, 0.15) is 46.0 Å². The number of nitrogens with zero attached hydrogens (tertiary/aromatic N) is 2. The molecule has 1 heterocycles. The molecule has 0 spiro atoms. The Morgan fingerprint density at radius 2 is 2.05 bits per heavy atom. The summed E-state index contributed by atoms with van der Waals surface area (Å²) in [6, 6.07) is 0.660. The van der Waals surface area contributed by atoms with Crippen LogP contribution < -0.4 is 5.32 Å². The van der Waals surface area contributed by atoms with Crippen LogP contribution in [0.5, 0.6) is 0 Å². The molecule has 1 saturated carbocycles. The molecule has 21 heavy (non-hydrogen) atoms. The van der Waals surface area contributed by atoms with E-state index in [1.54, 1.807) is 14.7 Å². The Kier molecular flexibility index (Phi) is 5.82. The molecule has 122 valence electrons. The number of hydrogen-bond donors (Lipinski definition) is 1. The standard InChI is InChI=1S/C15H29N3O2S/c1-4-10-17(13(2)3)21(19,20)18-11-6-5-7-15(18)12-16-14-8-9-14/h4,13-16H,1,5-12H2,2-3H3. The van der Waals surface area contributed by atoms with Crippen molar-refractivity contribution in [3.8, 4) is 0 Å². The predicted octanol–water partition coefficient (Wildman–Crippen LogP) is 1.73. The Labute approximate surface area is 129 Å². The summed E-state index contributed by atoms with van der Waals surface area (Å²) in [7, 11) is -3.41. The summed E-state index contributed by atoms with van der Waals surface area (Å²) >= 11 is 0. The molecule has 0 radical (unpaired) electrons. The first-order valence-electron chi connectivity index (χ1n) is 8.09. The molecule has 1 unspecified atom stereocenters. The number of piperidine rings is 1. The van der Waals surface area contributed by atoms with Crippen molar-refractivity contribution in [2.75, 3.05) is 19.6 Å². The third-order valence-corrected chi connectivity index (χ3v) is 6.51. The maximum atomic E-state index is 13.0. The van der Waals surface area contributed by atoms with Gasteiger partial charge in [-0.15, -0.1) is 6.58 Å². The highest BCUT2D eigenvalue weighted by Gasteiger charge is 2.37. The molecular formula is C15H29N3O2S. The molecule has 0 bridgehead atoms. The van der Waals surface area contributed by atoms with Crippen molar-refractivity contribution in [3.05, 3.63) is 12.7 Å². The van der Waals surface area contributed by atoms with Crippen molar-refractivity contribution in [2.45, 2.75) is 64.1 Å². The first-order valence-corrected chi connectivity index (χ1v) is 9.49. The van der Waals surface area contributed by atoms with Gasteiger partial charge in [-0.1, -0.05) is 12.5 Å². The first kappa shape index (κ1) is 16.9. The molecule has 1 saturated heterocycles. The highest BCUT2D eigenvalue weighted by Crippen LogP contribution is 2.25.